The summed E-state index contributed by atoms with van der Waals surface area (Å²) in [7, 11) is -14.5. The Morgan fingerprint density at radius 2 is 0.786 bits per heavy atom. The summed E-state index contributed by atoms with van der Waals surface area (Å²) in [5.41, 5.74) is 0. The summed E-state index contributed by atoms with van der Waals surface area (Å²) in [5.74, 6) is 0. The Balaban J connectivity index is 5.79. The number of alkyl halides is 4. The van der Waals surface area contributed by atoms with Crippen LogP contribution in [0, 0.1) is 0 Å². The molecule has 0 spiro atoms. The van der Waals surface area contributed by atoms with Crippen molar-refractivity contribution in [1.82, 2.24) is 0 Å². The number of halogens is 6. The van der Waals surface area contributed by atoms with E-state index >= 15 is 0 Å². The van der Waals surface area contributed by atoms with Gasteiger partial charge in [0.2, 0.25) is 0 Å². The Labute approximate surface area is 73.9 Å². The fourth-order valence-electron chi connectivity index (χ4n) is 0.284. The minimum atomic E-state index is -7.25. The van der Waals surface area contributed by atoms with Crippen LogP contribution >= 0.6 is 0 Å². The second kappa shape index (κ2) is 2.98. The second-order valence-electron chi connectivity index (χ2n) is 1.91. The van der Waals surface area contributed by atoms with Gasteiger partial charge in [-0.1, -0.05) is 7.77 Å². The van der Waals surface area contributed by atoms with Crippen molar-refractivity contribution in [3.05, 3.63) is 0 Å². The molecule has 0 aliphatic heterocycles. The highest BCUT2D eigenvalue weighted by atomic mass is 32.3. The number of hydrogen-bond donors (Lipinski definition) is 0. The van der Waals surface area contributed by atoms with Crippen molar-refractivity contribution < 1.29 is 42.2 Å². The molecule has 0 radical (unpaired) electrons. The lowest BCUT2D eigenvalue weighted by molar-refractivity contribution is -0.102. The van der Waals surface area contributed by atoms with E-state index in [1.807, 2.05) is 0 Å². The molecule has 0 saturated heterocycles. The fraction of sp³-hybridized carbons (Fsp3) is 1.00. The number of hydrogen-bond acceptors (Lipinski definition) is 4. The minimum absolute atomic E-state index is 6.67. The van der Waals surface area contributed by atoms with Crippen LogP contribution in [0.15, 0.2) is 0 Å². The lowest BCUT2D eigenvalue weighted by atomic mass is 10.7. The molecular weight excluding hydrogens is 266 g/mol. The van der Waals surface area contributed by atoms with Gasteiger partial charge in [-0.15, -0.1) is 0 Å². The molecule has 0 atom stereocenters. The third-order valence-electron chi connectivity index (χ3n) is 0.951. The van der Waals surface area contributed by atoms with E-state index in [4.69, 9.17) is 0 Å². The SMILES string of the molecule is O=S(=O)(F)C(F)(F)C(F)(F)S(=O)(=O)F. The van der Waals surface area contributed by atoms with Gasteiger partial charge in [-0.05, 0) is 0 Å². The van der Waals surface area contributed by atoms with Crippen molar-refractivity contribution in [3.63, 3.8) is 0 Å². The smallest absolute Gasteiger partial charge is 0.188 e. The van der Waals surface area contributed by atoms with E-state index in [9.17, 15) is 42.2 Å². The van der Waals surface area contributed by atoms with Crippen LogP contribution in [0.5, 0.6) is 0 Å². The molecule has 0 aliphatic rings. The van der Waals surface area contributed by atoms with Gasteiger partial charge >= 0.3 is 31.0 Å². The number of rotatable bonds is 3. The van der Waals surface area contributed by atoms with Crippen molar-refractivity contribution in [2.75, 3.05) is 0 Å². The van der Waals surface area contributed by atoms with Crippen LogP contribution in [0.1, 0.15) is 0 Å². The summed E-state index contributed by atoms with van der Waals surface area (Å²) in [6.45, 7) is 0. The van der Waals surface area contributed by atoms with Gasteiger partial charge in [0, 0.05) is 0 Å². The molecule has 12 heteroatoms. The van der Waals surface area contributed by atoms with Crippen molar-refractivity contribution in [2.24, 2.45) is 0 Å². The molecule has 0 aliphatic carbocycles. The zero-order chi connectivity index (χ0) is 12.0. The maximum absolute atomic E-state index is 11.9. The van der Waals surface area contributed by atoms with Gasteiger partial charge in [0.25, 0.3) is 0 Å². The summed E-state index contributed by atoms with van der Waals surface area (Å²) < 4.78 is 108. The molecule has 86 valence electrons. The topological polar surface area (TPSA) is 68.3 Å². The van der Waals surface area contributed by atoms with Gasteiger partial charge in [0.15, 0.2) is 0 Å². The van der Waals surface area contributed by atoms with E-state index in [1.54, 1.807) is 0 Å². The van der Waals surface area contributed by atoms with Crippen LogP contribution < -0.4 is 0 Å². The predicted octanol–water partition coefficient (Wildman–Crippen LogP) is 0.771. The van der Waals surface area contributed by atoms with E-state index in [-0.39, 0.29) is 0 Å². The maximum Gasteiger partial charge on any atom is 0.454 e. The minimum Gasteiger partial charge on any atom is -0.188 e. The molecule has 0 aromatic carbocycles. The average molecular weight is 266 g/mol. The molecule has 0 amide bonds. The molecule has 0 aromatic heterocycles. The zero-order valence-electron chi connectivity index (χ0n) is 5.72. The molecule has 0 saturated carbocycles. The first kappa shape index (κ1) is 13.5. The summed E-state index contributed by atoms with van der Waals surface area (Å²) in [6, 6.07) is 0. The molecule has 14 heavy (non-hydrogen) atoms. The van der Waals surface area contributed by atoms with E-state index in [2.05, 4.69) is 0 Å². The monoisotopic (exact) mass is 266 g/mol. The lowest BCUT2D eigenvalue weighted by Crippen LogP contribution is -2.49. The van der Waals surface area contributed by atoms with Crippen molar-refractivity contribution in [1.29, 1.82) is 0 Å². The van der Waals surface area contributed by atoms with Crippen molar-refractivity contribution in [3.8, 4) is 0 Å². The molecule has 0 aromatic rings. The van der Waals surface area contributed by atoms with E-state index in [1.165, 1.54) is 0 Å². The van der Waals surface area contributed by atoms with E-state index in [0.717, 1.165) is 0 Å². The molecule has 0 heterocycles. The van der Waals surface area contributed by atoms with Crippen LogP contribution in [0.2, 0.25) is 0 Å². The van der Waals surface area contributed by atoms with Gasteiger partial charge in [-0.2, -0.15) is 34.4 Å². The molecule has 0 unspecified atom stereocenters. The Bertz CT molecular complexity index is 377. The highest BCUT2D eigenvalue weighted by Gasteiger charge is 2.74. The fourth-order valence-corrected chi connectivity index (χ4v) is 1.45. The molecule has 0 fully saturated rings. The highest BCUT2D eigenvalue weighted by molar-refractivity contribution is 7.91. The maximum atomic E-state index is 11.9. The summed E-state index contributed by atoms with van der Waals surface area (Å²) in [4.78, 5) is 0. The summed E-state index contributed by atoms with van der Waals surface area (Å²) in [5, 5.41) is -13.3. The lowest BCUT2D eigenvalue weighted by Gasteiger charge is -2.18. The first-order valence-corrected chi connectivity index (χ1v) is 5.16. The average Bonchev–Trinajstić information content (AvgIpc) is 1.81. The van der Waals surface area contributed by atoms with Crippen LogP contribution in [-0.4, -0.2) is 27.3 Å². The van der Waals surface area contributed by atoms with Crippen LogP contribution in [0.3, 0.4) is 0 Å². The largest absolute Gasteiger partial charge is 0.454 e. The third-order valence-corrected chi connectivity index (χ3v) is 2.82. The highest BCUT2D eigenvalue weighted by Crippen LogP contribution is 2.43. The van der Waals surface area contributed by atoms with Crippen LogP contribution in [0.25, 0.3) is 0 Å². The van der Waals surface area contributed by atoms with Crippen molar-refractivity contribution >= 4 is 20.4 Å². The molecule has 0 N–H and O–H groups in total. The molecule has 0 bridgehead atoms. The normalized spacial score (nSPS) is 15.6. The van der Waals surface area contributed by atoms with E-state index < -0.39 is 31.0 Å². The Kier molecular flexibility index (Phi) is 2.87. The third kappa shape index (κ3) is 1.80. The Hall–Kier alpha value is -0.520. The van der Waals surface area contributed by atoms with Crippen LogP contribution in [0.4, 0.5) is 25.3 Å². The molecular formula is C2F6O4S2. The van der Waals surface area contributed by atoms with Crippen molar-refractivity contribution in [2.45, 2.75) is 10.5 Å². The summed E-state index contributed by atoms with van der Waals surface area (Å²) in [6.07, 6.45) is 0. The first-order valence-electron chi connectivity index (χ1n) is 2.39. The first-order chi connectivity index (χ1) is 5.75. The van der Waals surface area contributed by atoms with Gasteiger partial charge < -0.3 is 0 Å². The predicted molar refractivity (Wildman–Crippen MR) is 29.9 cm³/mol. The van der Waals surface area contributed by atoms with Gasteiger partial charge in [0.05, 0.1) is 0 Å². The quantitative estimate of drug-likeness (QED) is 0.559. The standard InChI is InChI=1S/C2F6O4S2/c3-1(4,13(7,9)10)2(5,6)14(8,11)12. The second-order valence-corrected chi connectivity index (χ2v) is 4.69. The summed E-state index contributed by atoms with van der Waals surface area (Å²) >= 11 is 0. The van der Waals surface area contributed by atoms with Gasteiger partial charge in [-0.3, -0.25) is 0 Å². The Morgan fingerprint density at radius 1 is 0.643 bits per heavy atom. The van der Waals surface area contributed by atoms with Crippen LogP contribution in [-0.2, 0) is 20.4 Å². The molecule has 0 rings (SSSR count). The Morgan fingerprint density at radius 3 is 0.857 bits per heavy atom. The van der Waals surface area contributed by atoms with E-state index in [0.29, 0.717) is 0 Å². The molecule has 4 nitrogen and oxygen atoms in total. The van der Waals surface area contributed by atoms with Gasteiger partial charge in [0.1, 0.15) is 0 Å². The van der Waals surface area contributed by atoms with Gasteiger partial charge in [-0.25, -0.2) is 0 Å². The zero-order valence-corrected chi connectivity index (χ0v) is 7.35.